The van der Waals surface area contributed by atoms with Crippen molar-refractivity contribution in [1.82, 2.24) is 10.2 Å². The van der Waals surface area contributed by atoms with Gasteiger partial charge in [0.2, 0.25) is 0 Å². The van der Waals surface area contributed by atoms with Crippen molar-refractivity contribution in [1.29, 1.82) is 0 Å². The van der Waals surface area contributed by atoms with E-state index in [0.717, 1.165) is 39.0 Å². The van der Waals surface area contributed by atoms with Crippen molar-refractivity contribution in [3.63, 3.8) is 0 Å². The van der Waals surface area contributed by atoms with Crippen LogP contribution in [0.5, 0.6) is 11.5 Å². The van der Waals surface area contributed by atoms with Gasteiger partial charge in [0.25, 0.3) is 5.91 Å². The molecular weight excluding hydrogens is 398 g/mol. The van der Waals surface area contributed by atoms with Gasteiger partial charge in [0.15, 0.2) is 11.5 Å². The normalized spacial score (nSPS) is 25.0. The SMILES string of the molecule is COc1c(C(=O)NCC2CCN(CC3CCCO3)CC2O)cc(Cl)c(N)c1OC. The fourth-order valence-corrected chi connectivity index (χ4v) is 4.24. The van der Waals surface area contributed by atoms with Crippen LogP contribution in [0.2, 0.25) is 5.02 Å². The molecule has 2 fully saturated rings. The topological polar surface area (TPSA) is 106 Å². The number of nitrogens with one attached hydrogen (secondary N) is 1. The summed E-state index contributed by atoms with van der Waals surface area (Å²) >= 11 is 6.13. The number of carbonyl (C=O) groups is 1. The lowest BCUT2D eigenvalue weighted by molar-refractivity contribution is -0.00191. The summed E-state index contributed by atoms with van der Waals surface area (Å²) in [6.07, 6.45) is 2.77. The third-order valence-corrected chi connectivity index (χ3v) is 6.01. The minimum atomic E-state index is -0.503. The average Bonchev–Trinajstić information content (AvgIpc) is 3.21. The molecule has 9 heteroatoms. The molecule has 4 N–H and O–H groups in total. The van der Waals surface area contributed by atoms with Crippen LogP contribution in [0.3, 0.4) is 0 Å². The Bertz CT molecular complexity index is 727. The summed E-state index contributed by atoms with van der Waals surface area (Å²) in [5.74, 6) is 0.0966. The molecule has 3 atom stereocenters. The molecule has 1 aromatic carbocycles. The molecule has 1 aromatic rings. The Morgan fingerprint density at radius 1 is 1.38 bits per heavy atom. The minimum absolute atomic E-state index is 0.0168. The standard InChI is InChI=1S/C20H30ClN3O5/c1-27-18-14(8-15(21)17(22)19(18)28-2)20(26)23-9-12-5-6-24(11-16(12)25)10-13-4-3-7-29-13/h8,12-13,16,25H,3-7,9-11,22H2,1-2H3,(H,23,26). The second-order valence-corrected chi connectivity index (χ2v) is 8.01. The quantitative estimate of drug-likeness (QED) is 0.566. The smallest absolute Gasteiger partial charge is 0.255 e. The Hall–Kier alpha value is -1.74. The van der Waals surface area contributed by atoms with Gasteiger partial charge in [-0.05, 0) is 31.9 Å². The van der Waals surface area contributed by atoms with E-state index < -0.39 is 6.10 Å². The number of nitrogen functional groups attached to an aromatic ring is 1. The number of β-amino-alcohol motifs (C(OH)–C–C–N with tert-alkyl or cyclic N) is 1. The van der Waals surface area contributed by atoms with Crippen LogP contribution >= 0.6 is 11.6 Å². The van der Waals surface area contributed by atoms with Crippen molar-refractivity contribution in [3.8, 4) is 11.5 Å². The molecule has 0 bridgehead atoms. The molecule has 2 aliphatic rings. The van der Waals surface area contributed by atoms with E-state index in [0.29, 0.717) is 13.1 Å². The number of methoxy groups -OCH3 is 2. The highest BCUT2D eigenvalue weighted by Gasteiger charge is 2.30. The van der Waals surface area contributed by atoms with Crippen molar-refractivity contribution in [2.75, 3.05) is 52.7 Å². The highest BCUT2D eigenvalue weighted by molar-refractivity contribution is 6.34. The second-order valence-electron chi connectivity index (χ2n) is 7.61. The summed E-state index contributed by atoms with van der Waals surface area (Å²) in [5, 5.41) is 13.6. The van der Waals surface area contributed by atoms with Gasteiger partial charge in [0.1, 0.15) is 0 Å². The van der Waals surface area contributed by atoms with Gasteiger partial charge < -0.3 is 30.4 Å². The lowest BCUT2D eigenvalue weighted by Crippen LogP contribution is -2.49. The van der Waals surface area contributed by atoms with Crippen LogP contribution in [0.4, 0.5) is 5.69 Å². The van der Waals surface area contributed by atoms with Gasteiger partial charge in [-0.1, -0.05) is 11.6 Å². The van der Waals surface area contributed by atoms with Crippen LogP contribution in [-0.4, -0.2) is 75.1 Å². The number of benzene rings is 1. The molecule has 0 saturated carbocycles. The number of ether oxygens (including phenoxy) is 3. The lowest BCUT2D eigenvalue weighted by atomic mass is 9.93. The number of amides is 1. The maximum Gasteiger partial charge on any atom is 0.255 e. The molecule has 8 nitrogen and oxygen atoms in total. The number of rotatable bonds is 7. The predicted octanol–water partition coefficient (Wildman–Crippen LogP) is 1.53. The first-order valence-electron chi connectivity index (χ1n) is 9.94. The van der Waals surface area contributed by atoms with E-state index in [1.165, 1.54) is 20.3 Å². The third kappa shape index (κ3) is 5.06. The molecular formula is C20H30ClN3O5. The van der Waals surface area contributed by atoms with Crippen molar-refractivity contribution in [3.05, 3.63) is 16.7 Å². The van der Waals surface area contributed by atoms with Gasteiger partial charge in [0.05, 0.1) is 42.7 Å². The zero-order valence-corrected chi connectivity index (χ0v) is 17.7. The van der Waals surface area contributed by atoms with Crippen LogP contribution in [-0.2, 0) is 4.74 Å². The summed E-state index contributed by atoms with van der Waals surface area (Å²) in [6, 6.07) is 1.47. The van der Waals surface area contributed by atoms with Crippen LogP contribution in [0, 0.1) is 5.92 Å². The monoisotopic (exact) mass is 427 g/mol. The van der Waals surface area contributed by atoms with Gasteiger partial charge in [0, 0.05) is 32.2 Å². The van der Waals surface area contributed by atoms with Crippen LogP contribution < -0.4 is 20.5 Å². The van der Waals surface area contributed by atoms with Gasteiger partial charge in [-0.15, -0.1) is 0 Å². The zero-order chi connectivity index (χ0) is 21.0. The molecule has 0 radical (unpaired) electrons. The Kier molecular flexibility index (Phi) is 7.45. The van der Waals surface area contributed by atoms with Gasteiger partial charge in [-0.25, -0.2) is 0 Å². The Balaban J connectivity index is 1.57. The first kappa shape index (κ1) is 22.0. The number of aliphatic hydroxyl groups excluding tert-OH is 1. The molecule has 3 rings (SSSR count). The molecule has 0 aliphatic carbocycles. The second kappa shape index (κ2) is 9.84. The number of likely N-dealkylation sites (tertiary alicyclic amines) is 1. The molecule has 2 heterocycles. The van der Waals surface area contributed by atoms with Gasteiger partial charge >= 0.3 is 0 Å². The van der Waals surface area contributed by atoms with E-state index in [9.17, 15) is 9.90 Å². The van der Waals surface area contributed by atoms with E-state index in [1.807, 2.05) is 0 Å². The van der Waals surface area contributed by atoms with Gasteiger partial charge in [-0.3, -0.25) is 9.69 Å². The summed E-state index contributed by atoms with van der Waals surface area (Å²) in [7, 11) is 2.88. The first-order chi connectivity index (χ1) is 13.9. The maximum atomic E-state index is 12.7. The highest BCUT2D eigenvalue weighted by Crippen LogP contribution is 2.41. The van der Waals surface area contributed by atoms with E-state index in [1.54, 1.807) is 0 Å². The number of hydrogen-bond acceptors (Lipinski definition) is 7. The predicted molar refractivity (Wildman–Crippen MR) is 111 cm³/mol. The number of anilines is 1. The summed E-state index contributed by atoms with van der Waals surface area (Å²) in [6.45, 7) is 3.52. The fourth-order valence-electron chi connectivity index (χ4n) is 4.04. The number of halogens is 1. The van der Waals surface area contributed by atoms with Crippen LogP contribution in [0.25, 0.3) is 0 Å². The van der Waals surface area contributed by atoms with Crippen molar-refractivity contribution < 1.29 is 24.1 Å². The Morgan fingerprint density at radius 3 is 2.76 bits per heavy atom. The highest BCUT2D eigenvalue weighted by atomic mass is 35.5. The number of nitrogens with two attached hydrogens (primary N) is 1. The van der Waals surface area contributed by atoms with Crippen LogP contribution in [0.1, 0.15) is 29.6 Å². The molecule has 2 aliphatic heterocycles. The zero-order valence-electron chi connectivity index (χ0n) is 16.9. The van der Waals surface area contributed by atoms with Crippen molar-refractivity contribution in [2.24, 2.45) is 5.92 Å². The molecule has 3 unspecified atom stereocenters. The molecule has 29 heavy (non-hydrogen) atoms. The maximum absolute atomic E-state index is 12.7. The number of aliphatic hydroxyl groups is 1. The van der Waals surface area contributed by atoms with Crippen LogP contribution in [0.15, 0.2) is 6.07 Å². The van der Waals surface area contributed by atoms with Crippen molar-refractivity contribution in [2.45, 2.75) is 31.5 Å². The number of piperidine rings is 1. The Morgan fingerprint density at radius 2 is 2.14 bits per heavy atom. The number of hydrogen-bond donors (Lipinski definition) is 3. The number of nitrogens with zero attached hydrogens (tertiary/aromatic N) is 1. The molecule has 0 spiro atoms. The Labute approximate surface area is 176 Å². The lowest BCUT2D eigenvalue weighted by Gasteiger charge is -2.37. The van der Waals surface area contributed by atoms with Crippen molar-refractivity contribution >= 4 is 23.2 Å². The minimum Gasteiger partial charge on any atom is -0.492 e. The molecule has 2 saturated heterocycles. The summed E-state index contributed by atoms with van der Waals surface area (Å²) < 4.78 is 16.3. The van der Waals surface area contributed by atoms with E-state index in [4.69, 9.17) is 31.5 Å². The molecule has 162 valence electrons. The van der Waals surface area contributed by atoms with E-state index in [2.05, 4.69) is 10.2 Å². The largest absolute Gasteiger partial charge is 0.492 e. The molecule has 0 aromatic heterocycles. The molecule has 1 amide bonds. The first-order valence-corrected chi connectivity index (χ1v) is 10.3. The third-order valence-electron chi connectivity index (χ3n) is 5.69. The van der Waals surface area contributed by atoms with Gasteiger partial charge in [-0.2, -0.15) is 0 Å². The average molecular weight is 428 g/mol. The summed E-state index contributed by atoms with van der Waals surface area (Å²) in [5.41, 5.74) is 6.37. The van der Waals surface area contributed by atoms with E-state index >= 15 is 0 Å². The number of carbonyl (C=O) groups excluding carboxylic acids is 1. The van der Waals surface area contributed by atoms with E-state index in [-0.39, 0.29) is 45.7 Å². The summed E-state index contributed by atoms with van der Waals surface area (Å²) in [4.78, 5) is 15.0. The fraction of sp³-hybridized carbons (Fsp3) is 0.650.